The van der Waals surface area contributed by atoms with E-state index in [-0.39, 0.29) is 18.5 Å². The highest BCUT2D eigenvalue weighted by Crippen LogP contribution is 2.36. The third-order valence-electron chi connectivity index (χ3n) is 7.77. The second-order valence-corrected chi connectivity index (χ2v) is 13.0. The molecular weight excluding hydrogens is 526 g/mol. The Hall–Kier alpha value is -3.14. The van der Waals surface area contributed by atoms with Crippen LogP contribution in [0.4, 0.5) is 0 Å². The highest BCUT2D eigenvalue weighted by molar-refractivity contribution is 7.89. The van der Waals surface area contributed by atoms with Gasteiger partial charge in [-0.2, -0.15) is 4.31 Å². The standard InChI is InChI=1S/C31H39N3O5S/c1-22-14-28(38-4)15-23(2)30(22)40(36,37)34(27-10-11-27)20-29-17-26(21-39-29)31(35)32(3)18-24-8-7-9-25(16-24)19-33-12-5-6-13-33/h7-9,14-17,21,27H,5-6,10-13,18-20H2,1-4H3. The summed E-state index contributed by atoms with van der Waals surface area (Å²) >= 11 is 0. The number of hydrogen-bond acceptors (Lipinski definition) is 6. The number of benzene rings is 2. The molecule has 2 fully saturated rings. The lowest BCUT2D eigenvalue weighted by Crippen LogP contribution is -2.33. The maximum atomic E-state index is 13.8. The molecule has 1 saturated heterocycles. The predicted molar refractivity (Wildman–Crippen MR) is 154 cm³/mol. The third kappa shape index (κ3) is 6.27. The number of methoxy groups -OCH3 is 1. The van der Waals surface area contributed by atoms with Gasteiger partial charge < -0.3 is 14.1 Å². The maximum absolute atomic E-state index is 13.8. The lowest BCUT2D eigenvalue weighted by molar-refractivity contribution is 0.0784. The maximum Gasteiger partial charge on any atom is 0.257 e. The normalized spacial score (nSPS) is 16.0. The van der Waals surface area contributed by atoms with E-state index in [1.165, 1.54) is 29.0 Å². The molecule has 0 spiro atoms. The molecule has 40 heavy (non-hydrogen) atoms. The minimum atomic E-state index is -3.78. The van der Waals surface area contributed by atoms with Gasteiger partial charge in [0.15, 0.2) is 0 Å². The number of furan rings is 1. The topological polar surface area (TPSA) is 83.3 Å². The van der Waals surface area contributed by atoms with E-state index in [1.807, 2.05) is 12.1 Å². The van der Waals surface area contributed by atoms with E-state index in [0.717, 1.165) is 38.0 Å². The van der Waals surface area contributed by atoms with Gasteiger partial charge in [0.1, 0.15) is 17.8 Å². The summed E-state index contributed by atoms with van der Waals surface area (Å²) in [6, 6.07) is 13.5. The van der Waals surface area contributed by atoms with Crippen LogP contribution < -0.4 is 4.74 Å². The Morgan fingerprint density at radius 3 is 2.35 bits per heavy atom. The van der Waals surface area contributed by atoms with Crippen molar-refractivity contribution >= 4 is 15.9 Å². The largest absolute Gasteiger partial charge is 0.497 e. The van der Waals surface area contributed by atoms with Crippen LogP contribution in [-0.4, -0.2) is 61.7 Å². The van der Waals surface area contributed by atoms with Crippen molar-refractivity contribution < 1.29 is 22.4 Å². The molecule has 8 nitrogen and oxygen atoms in total. The van der Waals surface area contributed by atoms with E-state index in [9.17, 15) is 13.2 Å². The van der Waals surface area contributed by atoms with Crippen LogP contribution in [0.5, 0.6) is 5.75 Å². The number of rotatable bonds is 11. The summed E-state index contributed by atoms with van der Waals surface area (Å²) < 4.78 is 40.2. The smallest absolute Gasteiger partial charge is 0.257 e. The van der Waals surface area contributed by atoms with Gasteiger partial charge in [0.2, 0.25) is 10.0 Å². The van der Waals surface area contributed by atoms with Gasteiger partial charge in [-0.1, -0.05) is 24.3 Å². The highest BCUT2D eigenvalue weighted by Gasteiger charge is 2.40. The summed E-state index contributed by atoms with van der Waals surface area (Å²) in [5.41, 5.74) is 4.03. The summed E-state index contributed by atoms with van der Waals surface area (Å²) in [6.07, 6.45) is 5.56. The van der Waals surface area contributed by atoms with Crippen LogP contribution in [-0.2, 0) is 29.7 Å². The summed E-state index contributed by atoms with van der Waals surface area (Å²) in [5.74, 6) is 0.912. The minimum absolute atomic E-state index is 0.0768. The van der Waals surface area contributed by atoms with Crippen LogP contribution in [0.25, 0.3) is 0 Å². The van der Waals surface area contributed by atoms with Crippen molar-refractivity contribution in [3.8, 4) is 5.75 Å². The molecule has 2 heterocycles. The lowest BCUT2D eigenvalue weighted by Gasteiger charge is -2.23. The second kappa shape index (κ2) is 11.8. The van der Waals surface area contributed by atoms with Crippen molar-refractivity contribution in [2.45, 2.75) is 70.1 Å². The predicted octanol–water partition coefficient (Wildman–Crippen LogP) is 5.13. The van der Waals surface area contributed by atoms with Gasteiger partial charge in [-0.15, -0.1) is 0 Å². The lowest BCUT2D eigenvalue weighted by atomic mass is 10.1. The number of carbonyl (C=O) groups is 1. The van der Waals surface area contributed by atoms with E-state index in [1.54, 1.807) is 51.1 Å². The molecule has 2 aliphatic rings. The van der Waals surface area contributed by atoms with Crippen molar-refractivity contribution in [1.82, 2.24) is 14.1 Å². The molecule has 1 amide bonds. The highest BCUT2D eigenvalue weighted by atomic mass is 32.2. The fraction of sp³-hybridized carbons (Fsp3) is 0.452. The fourth-order valence-corrected chi connectivity index (χ4v) is 7.71. The zero-order valence-corrected chi connectivity index (χ0v) is 24.7. The monoisotopic (exact) mass is 565 g/mol. The Kier molecular flexibility index (Phi) is 8.35. The van der Waals surface area contributed by atoms with E-state index in [0.29, 0.717) is 39.6 Å². The zero-order chi connectivity index (χ0) is 28.4. The molecular formula is C31H39N3O5S. The summed E-state index contributed by atoms with van der Waals surface area (Å²) in [4.78, 5) is 17.7. The molecule has 2 aromatic carbocycles. The number of hydrogen-bond donors (Lipinski definition) is 0. The SMILES string of the molecule is COc1cc(C)c(S(=O)(=O)N(Cc2cc(C(=O)N(C)Cc3cccc(CN4CCCC4)c3)co2)C2CC2)c(C)c1. The molecule has 3 aromatic rings. The van der Waals surface area contributed by atoms with Crippen molar-refractivity contribution in [2.24, 2.45) is 0 Å². The van der Waals surface area contributed by atoms with Crippen LogP contribution in [0.15, 0.2) is 58.0 Å². The second-order valence-electron chi connectivity index (χ2n) is 11.1. The van der Waals surface area contributed by atoms with Gasteiger partial charge in [-0.05, 0) is 93.1 Å². The molecule has 1 aliphatic heterocycles. The number of nitrogens with zero attached hydrogens (tertiary/aromatic N) is 3. The first-order valence-corrected chi connectivity index (χ1v) is 15.4. The zero-order valence-electron chi connectivity index (χ0n) is 23.9. The van der Waals surface area contributed by atoms with Crippen molar-refractivity contribution in [3.05, 3.63) is 82.3 Å². The fourth-order valence-electron chi connectivity index (χ4n) is 5.65. The molecule has 0 atom stereocenters. The molecule has 9 heteroatoms. The van der Waals surface area contributed by atoms with Gasteiger partial charge in [0.05, 0.1) is 24.1 Å². The number of carbonyl (C=O) groups excluding carboxylic acids is 1. The number of ether oxygens (including phenoxy) is 1. The van der Waals surface area contributed by atoms with Gasteiger partial charge in [0, 0.05) is 26.2 Å². The van der Waals surface area contributed by atoms with Gasteiger partial charge in [-0.25, -0.2) is 8.42 Å². The molecule has 0 N–H and O–H groups in total. The van der Waals surface area contributed by atoms with Crippen LogP contribution in [0.3, 0.4) is 0 Å². The van der Waals surface area contributed by atoms with Crippen LogP contribution in [0.1, 0.15) is 64.1 Å². The first-order chi connectivity index (χ1) is 19.2. The molecule has 0 radical (unpaired) electrons. The van der Waals surface area contributed by atoms with Crippen LogP contribution in [0, 0.1) is 13.8 Å². The van der Waals surface area contributed by atoms with E-state index in [4.69, 9.17) is 9.15 Å². The van der Waals surface area contributed by atoms with Crippen LogP contribution >= 0.6 is 0 Å². The Bertz CT molecular complexity index is 1450. The summed E-state index contributed by atoms with van der Waals surface area (Å²) in [7, 11) is -0.440. The summed E-state index contributed by atoms with van der Waals surface area (Å²) in [5, 5.41) is 0. The van der Waals surface area contributed by atoms with Gasteiger partial charge in [0.25, 0.3) is 5.91 Å². The average Bonchev–Trinajstić information content (AvgIpc) is 3.40. The Morgan fingerprint density at radius 1 is 1.02 bits per heavy atom. The quantitative estimate of drug-likeness (QED) is 0.321. The number of aryl methyl sites for hydroxylation is 2. The van der Waals surface area contributed by atoms with E-state index >= 15 is 0 Å². The Labute approximate surface area is 237 Å². The summed E-state index contributed by atoms with van der Waals surface area (Å²) in [6.45, 7) is 7.35. The van der Waals surface area contributed by atoms with Crippen LogP contribution in [0.2, 0.25) is 0 Å². The van der Waals surface area contributed by atoms with Gasteiger partial charge >= 0.3 is 0 Å². The minimum Gasteiger partial charge on any atom is -0.497 e. The molecule has 1 saturated carbocycles. The molecule has 0 bridgehead atoms. The molecule has 5 rings (SSSR count). The average molecular weight is 566 g/mol. The first kappa shape index (κ1) is 28.4. The van der Waals surface area contributed by atoms with Crippen molar-refractivity contribution in [3.63, 3.8) is 0 Å². The first-order valence-electron chi connectivity index (χ1n) is 14.0. The third-order valence-corrected chi connectivity index (χ3v) is 9.97. The van der Waals surface area contributed by atoms with Crippen molar-refractivity contribution in [2.75, 3.05) is 27.2 Å². The molecule has 1 aromatic heterocycles. The van der Waals surface area contributed by atoms with E-state index < -0.39 is 10.0 Å². The van der Waals surface area contributed by atoms with Gasteiger partial charge in [-0.3, -0.25) is 9.69 Å². The molecule has 0 unspecified atom stereocenters. The molecule has 214 valence electrons. The Morgan fingerprint density at radius 2 is 1.70 bits per heavy atom. The van der Waals surface area contributed by atoms with E-state index in [2.05, 4.69) is 17.0 Å². The number of sulfonamides is 1. The number of likely N-dealkylation sites (tertiary alicyclic amines) is 1. The van der Waals surface area contributed by atoms with Crippen molar-refractivity contribution in [1.29, 1.82) is 0 Å². The Balaban J connectivity index is 1.28. The number of amides is 1. The molecule has 1 aliphatic carbocycles.